The Balaban J connectivity index is 1.56. The number of rotatable bonds is 6. The van der Waals surface area contributed by atoms with Gasteiger partial charge in [-0.3, -0.25) is 4.79 Å². The molecule has 0 amide bonds. The molecule has 3 heterocycles. The van der Waals surface area contributed by atoms with Gasteiger partial charge in [0.05, 0.1) is 16.5 Å². The molecule has 0 bridgehead atoms. The average molecular weight is 434 g/mol. The number of halogens is 3. The van der Waals surface area contributed by atoms with Gasteiger partial charge in [-0.05, 0) is 44.2 Å². The molecule has 0 saturated heterocycles. The second-order valence-electron chi connectivity index (χ2n) is 7.65. The van der Waals surface area contributed by atoms with Crippen LogP contribution >= 0.6 is 11.6 Å². The average Bonchev–Trinajstić information content (AvgIpc) is 3.15. The van der Waals surface area contributed by atoms with Crippen molar-refractivity contribution in [3.8, 4) is 0 Å². The van der Waals surface area contributed by atoms with Crippen molar-refractivity contribution in [2.45, 2.75) is 45.0 Å². The fourth-order valence-electron chi connectivity index (χ4n) is 3.94. The second kappa shape index (κ2) is 8.26. The molecule has 2 N–H and O–H groups in total. The molecule has 0 atom stereocenters. The van der Waals surface area contributed by atoms with Crippen LogP contribution in [0.4, 0.5) is 14.6 Å². The van der Waals surface area contributed by atoms with E-state index in [9.17, 15) is 13.6 Å². The molecule has 4 rings (SSSR count). The molecule has 158 valence electrons. The minimum absolute atomic E-state index is 0.0846. The third kappa shape index (κ3) is 4.14. The number of alkyl halides is 2. The van der Waals surface area contributed by atoms with E-state index < -0.39 is 5.92 Å². The molecule has 3 aromatic heterocycles. The lowest BCUT2D eigenvalue weighted by atomic mass is 9.84. The zero-order chi connectivity index (χ0) is 21.3. The molecule has 0 spiro atoms. The van der Waals surface area contributed by atoms with Crippen molar-refractivity contribution in [1.29, 1.82) is 0 Å². The van der Waals surface area contributed by atoms with E-state index in [1.165, 1.54) is 6.33 Å². The maximum atomic E-state index is 13.4. The zero-order valence-electron chi connectivity index (χ0n) is 16.5. The third-order valence-electron chi connectivity index (χ3n) is 5.54. The van der Waals surface area contributed by atoms with Crippen LogP contribution in [0.25, 0.3) is 11.0 Å². The van der Waals surface area contributed by atoms with E-state index in [0.717, 1.165) is 0 Å². The number of fused-ring (bicyclic) bond motifs is 1. The molecule has 0 aromatic carbocycles. The van der Waals surface area contributed by atoms with Crippen LogP contribution in [-0.4, -0.2) is 38.2 Å². The minimum atomic E-state index is -2.55. The lowest BCUT2D eigenvalue weighted by molar-refractivity contribution is -0.0457. The van der Waals surface area contributed by atoms with Crippen molar-refractivity contribution in [2.75, 3.05) is 11.9 Å². The normalized spacial score (nSPS) is 16.7. The van der Waals surface area contributed by atoms with E-state index in [4.69, 9.17) is 11.6 Å². The van der Waals surface area contributed by atoms with Gasteiger partial charge < -0.3 is 10.3 Å². The highest BCUT2D eigenvalue weighted by atomic mass is 35.5. The van der Waals surface area contributed by atoms with Crippen LogP contribution in [0.5, 0.6) is 0 Å². The number of hydrogen-bond acceptors (Lipinski definition) is 5. The van der Waals surface area contributed by atoms with E-state index in [0.29, 0.717) is 53.9 Å². The Hall–Kier alpha value is -2.61. The molecule has 0 unspecified atom stereocenters. The van der Waals surface area contributed by atoms with Crippen LogP contribution < -0.4 is 5.32 Å². The Morgan fingerprint density at radius 2 is 2.03 bits per heavy atom. The minimum Gasteiger partial charge on any atom is -0.370 e. The molecule has 1 aliphatic carbocycles. The number of hydrogen-bond donors (Lipinski definition) is 2. The molecule has 0 aliphatic heterocycles. The third-order valence-corrected chi connectivity index (χ3v) is 5.83. The molecular formula is C21H22ClF2N5O. The van der Waals surface area contributed by atoms with Crippen molar-refractivity contribution in [3.63, 3.8) is 0 Å². The summed E-state index contributed by atoms with van der Waals surface area (Å²) in [5.41, 5.74) is 1.96. The highest BCUT2D eigenvalue weighted by Gasteiger charge is 2.35. The second-order valence-corrected chi connectivity index (χ2v) is 8.01. The number of nitrogens with one attached hydrogen (secondary N) is 2. The number of anilines is 1. The summed E-state index contributed by atoms with van der Waals surface area (Å²) >= 11 is 6.35. The summed E-state index contributed by atoms with van der Waals surface area (Å²) < 4.78 is 26.7. The van der Waals surface area contributed by atoms with Crippen molar-refractivity contribution >= 4 is 34.2 Å². The Bertz CT molecular complexity index is 1070. The molecule has 0 radical (unpaired) electrons. The fourth-order valence-corrected chi connectivity index (χ4v) is 4.20. The number of aromatic amines is 1. The first-order valence-corrected chi connectivity index (χ1v) is 10.4. The van der Waals surface area contributed by atoms with Gasteiger partial charge in [0.25, 0.3) is 0 Å². The lowest BCUT2D eigenvalue weighted by Gasteiger charge is -2.28. The monoisotopic (exact) mass is 433 g/mol. The predicted octanol–water partition coefficient (Wildman–Crippen LogP) is 5.04. The molecule has 30 heavy (non-hydrogen) atoms. The van der Waals surface area contributed by atoms with Crippen molar-refractivity contribution in [1.82, 2.24) is 19.9 Å². The van der Waals surface area contributed by atoms with Gasteiger partial charge in [0.15, 0.2) is 5.78 Å². The van der Waals surface area contributed by atoms with E-state index in [2.05, 4.69) is 25.3 Å². The van der Waals surface area contributed by atoms with Crippen molar-refractivity contribution in [3.05, 3.63) is 46.6 Å². The molecule has 9 heteroatoms. The Morgan fingerprint density at radius 3 is 2.73 bits per heavy atom. The smallest absolute Gasteiger partial charge is 0.248 e. The highest BCUT2D eigenvalue weighted by Crippen LogP contribution is 2.37. The number of carbonyl (C=O) groups excluding carboxylic acids is 1. The number of nitrogens with zero attached hydrogens (tertiary/aromatic N) is 3. The highest BCUT2D eigenvalue weighted by molar-refractivity contribution is 6.34. The molecule has 1 saturated carbocycles. The van der Waals surface area contributed by atoms with Crippen LogP contribution in [0.2, 0.25) is 5.15 Å². The Morgan fingerprint density at radius 1 is 1.27 bits per heavy atom. The maximum absolute atomic E-state index is 13.4. The van der Waals surface area contributed by atoms with Crippen molar-refractivity contribution in [2.24, 2.45) is 5.92 Å². The van der Waals surface area contributed by atoms with Gasteiger partial charge in [-0.15, -0.1) is 0 Å². The number of pyridine rings is 1. The number of H-pyrrole nitrogens is 1. The van der Waals surface area contributed by atoms with E-state index in [1.54, 1.807) is 18.3 Å². The molecule has 3 aromatic rings. The van der Waals surface area contributed by atoms with Crippen LogP contribution in [0.15, 0.2) is 24.7 Å². The topological polar surface area (TPSA) is 83.6 Å². The first-order valence-electron chi connectivity index (χ1n) is 10.0. The summed E-state index contributed by atoms with van der Waals surface area (Å²) in [5.74, 6) is -2.10. The summed E-state index contributed by atoms with van der Waals surface area (Å²) in [5, 5.41) is 3.84. The standard InChI is InChI=1S/C21H22ClF2N5O/c1-2-25-19-16-15(10-26-20(16)28-11-27-19)17(30)14-4-3-13(29-18(14)22)9-12-5-7-21(23,24)8-6-12/h3-4,10-12H,2,5-9H2,1H3,(H2,25,26,27,28). The van der Waals surface area contributed by atoms with Gasteiger partial charge in [-0.2, -0.15) is 0 Å². The van der Waals surface area contributed by atoms with Gasteiger partial charge >= 0.3 is 0 Å². The molecular weight excluding hydrogens is 412 g/mol. The first kappa shape index (κ1) is 20.7. The number of ketones is 1. The quantitative estimate of drug-likeness (QED) is 0.420. The summed E-state index contributed by atoms with van der Waals surface area (Å²) in [6.07, 6.45) is 4.36. The van der Waals surface area contributed by atoms with Gasteiger partial charge in [0.1, 0.15) is 22.9 Å². The van der Waals surface area contributed by atoms with Gasteiger partial charge in [0.2, 0.25) is 5.92 Å². The van der Waals surface area contributed by atoms with Gasteiger partial charge in [-0.1, -0.05) is 11.6 Å². The van der Waals surface area contributed by atoms with Crippen LogP contribution in [-0.2, 0) is 6.42 Å². The van der Waals surface area contributed by atoms with Crippen LogP contribution in [0, 0.1) is 5.92 Å². The predicted molar refractivity (Wildman–Crippen MR) is 111 cm³/mol. The van der Waals surface area contributed by atoms with Crippen LogP contribution in [0.1, 0.15) is 54.2 Å². The first-order chi connectivity index (χ1) is 14.4. The lowest BCUT2D eigenvalue weighted by Crippen LogP contribution is -2.25. The van der Waals surface area contributed by atoms with E-state index in [-0.39, 0.29) is 35.3 Å². The zero-order valence-corrected chi connectivity index (χ0v) is 17.3. The molecule has 6 nitrogen and oxygen atoms in total. The summed E-state index contributed by atoms with van der Waals surface area (Å²) in [7, 11) is 0. The summed E-state index contributed by atoms with van der Waals surface area (Å²) in [6, 6.07) is 3.41. The number of aromatic nitrogens is 4. The molecule has 1 fully saturated rings. The summed E-state index contributed by atoms with van der Waals surface area (Å²) in [4.78, 5) is 28.9. The maximum Gasteiger partial charge on any atom is 0.248 e. The Kier molecular flexibility index (Phi) is 5.69. The van der Waals surface area contributed by atoms with Gasteiger partial charge in [0, 0.05) is 31.3 Å². The van der Waals surface area contributed by atoms with Crippen LogP contribution in [0.3, 0.4) is 0 Å². The van der Waals surface area contributed by atoms with E-state index in [1.807, 2.05) is 6.92 Å². The summed E-state index contributed by atoms with van der Waals surface area (Å²) in [6.45, 7) is 2.59. The fraction of sp³-hybridized carbons (Fsp3) is 0.429. The van der Waals surface area contributed by atoms with Gasteiger partial charge in [-0.25, -0.2) is 23.7 Å². The Labute approximate surface area is 177 Å². The number of carbonyl (C=O) groups is 1. The largest absolute Gasteiger partial charge is 0.370 e. The molecule has 1 aliphatic rings. The van der Waals surface area contributed by atoms with E-state index >= 15 is 0 Å². The SMILES string of the molecule is CCNc1ncnc2[nH]cc(C(=O)c3ccc(CC4CCC(F)(F)CC4)nc3Cl)c12. The van der Waals surface area contributed by atoms with Crippen molar-refractivity contribution < 1.29 is 13.6 Å².